The van der Waals surface area contributed by atoms with Crippen molar-refractivity contribution in [2.45, 2.75) is 13.0 Å². The predicted octanol–water partition coefficient (Wildman–Crippen LogP) is 1.92. The molecule has 0 aromatic heterocycles. The molecule has 2 aromatic carbocycles. The minimum Gasteiger partial charge on any atom is -0.493 e. The Labute approximate surface area is 167 Å². The number of benzene rings is 2. The Morgan fingerprint density at radius 1 is 1.03 bits per heavy atom. The summed E-state index contributed by atoms with van der Waals surface area (Å²) in [4.78, 5) is 18.2. The van der Waals surface area contributed by atoms with Crippen molar-refractivity contribution in [3.8, 4) is 23.0 Å². The van der Waals surface area contributed by atoms with Crippen molar-refractivity contribution in [1.82, 2.24) is 5.32 Å². The average Bonchev–Trinajstić information content (AvgIpc) is 3.19. The number of carboxylic acids is 2. The smallest absolute Gasteiger partial charge is 0.414 e. The van der Waals surface area contributed by atoms with Gasteiger partial charge in [-0.05, 0) is 36.7 Å². The molecule has 0 saturated heterocycles. The van der Waals surface area contributed by atoms with E-state index in [1.807, 2.05) is 30.3 Å². The highest BCUT2D eigenvalue weighted by atomic mass is 16.7. The third-order valence-electron chi connectivity index (χ3n) is 4.01. The summed E-state index contributed by atoms with van der Waals surface area (Å²) < 4.78 is 21.5. The van der Waals surface area contributed by atoms with Crippen LogP contribution in [0.25, 0.3) is 0 Å². The van der Waals surface area contributed by atoms with E-state index < -0.39 is 11.9 Å². The summed E-state index contributed by atoms with van der Waals surface area (Å²) in [6.45, 7) is 1.90. The predicted molar refractivity (Wildman–Crippen MR) is 103 cm³/mol. The van der Waals surface area contributed by atoms with Crippen LogP contribution in [-0.2, 0) is 22.6 Å². The first-order valence-electron chi connectivity index (χ1n) is 8.71. The van der Waals surface area contributed by atoms with Gasteiger partial charge in [-0.1, -0.05) is 18.2 Å². The highest BCUT2D eigenvalue weighted by Crippen LogP contribution is 2.33. The van der Waals surface area contributed by atoms with Crippen molar-refractivity contribution < 1.29 is 38.7 Å². The zero-order valence-corrected chi connectivity index (χ0v) is 16.1. The summed E-state index contributed by atoms with van der Waals surface area (Å²) in [7, 11) is 3.31. The van der Waals surface area contributed by atoms with Gasteiger partial charge >= 0.3 is 11.9 Å². The zero-order chi connectivity index (χ0) is 21.2. The molecule has 0 spiro atoms. The van der Waals surface area contributed by atoms with E-state index in [-0.39, 0.29) is 0 Å². The number of para-hydroxylation sites is 1. The number of hydrogen-bond donors (Lipinski definition) is 3. The molecule has 0 unspecified atom stereocenters. The van der Waals surface area contributed by atoms with Crippen LogP contribution in [0.5, 0.6) is 23.0 Å². The van der Waals surface area contributed by atoms with Crippen molar-refractivity contribution in [1.29, 1.82) is 0 Å². The highest BCUT2D eigenvalue weighted by molar-refractivity contribution is 6.27. The summed E-state index contributed by atoms with van der Waals surface area (Å²) >= 11 is 0. The van der Waals surface area contributed by atoms with Crippen LogP contribution in [0.15, 0.2) is 36.4 Å². The molecule has 9 heteroatoms. The fraction of sp³-hybridized carbons (Fsp3) is 0.300. The number of carbonyl (C=O) groups is 2. The molecule has 0 radical (unpaired) electrons. The van der Waals surface area contributed by atoms with Crippen molar-refractivity contribution in [3.63, 3.8) is 0 Å². The highest BCUT2D eigenvalue weighted by Gasteiger charge is 2.13. The molecule has 2 aromatic rings. The van der Waals surface area contributed by atoms with Gasteiger partial charge in [0.1, 0.15) is 0 Å². The third-order valence-corrected chi connectivity index (χ3v) is 4.01. The SMILES string of the molecule is COc1cccc(CNCCc2ccc3c(c2)OCO3)c1OC.O=C(O)C(=O)O. The summed E-state index contributed by atoms with van der Waals surface area (Å²) in [6.07, 6.45) is 0.920. The Bertz CT molecular complexity index is 840. The van der Waals surface area contributed by atoms with Crippen molar-refractivity contribution in [2.24, 2.45) is 0 Å². The summed E-state index contributed by atoms with van der Waals surface area (Å²) in [5.41, 5.74) is 2.30. The number of ether oxygens (including phenoxy) is 4. The van der Waals surface area contributed by atoms with E-state index in [4.69, 9.17) is 38.7 Å². The van der Waals surface area contributed by atoms with Gasteiger partial charge in [0.15, 0.2) is 23.0 Å². The Kier molecular flexibility index (Phi) is 8.11. The van der Waals surface area contributed by atoms with E-state index in [1.165, 1.54) is 5.56 Å². The van der Waals surface area contributed by atoms with E-state index >= 15 is 0 Å². The van der Waals surface area contributed by atoms with E-state index in [9.17, 15) is 0 Å². The molecule has 3 rings (SSSR count). The second kappa shape index (κ2) is 10.8. The van der Waals surface area contributed by atoms with E-state index in [2.05, 4.69) is 11.4 Å². The molecule has 3 N–H and O–H groups in total. The monoisotopic (exact) mass is 405 g/mol. The normalized spacial score (nSPS) is 11.2. The number of rotatable bonds is 7. The summed E-state index contributed by atoms with van der Waals surface area (Å²) in [5.74, 6) is -0.460. The maximum Gasteiger partial charge on any atom is 0.414 e. The third kappa shape index (κ3) is 6.28. The van der Waals surface area contributed by atoms with Gasteiger partial charge in [-0.15, -0.1) is 0 Å². The van der Waals surface area contributed by atoms with Crippen LogP contribution >= 0.6 is 0 Å². The second-order valence-electron chi connectivity index (χ2n) is 5.88. The molecule has 1 aliphatic rings. The number of methoxy groups -OCH3 is 2. The quantitative estimate of drug-likeness (QED) is 0.468. The second-order valence-corrected chi connectivity index (χ2v) is 5.88. The lowest BCUT2D eigenvalue weighted by Gasteiger charge is -2.13. The van der Waals surface area contributed by atoms with Crippen LogP contribution in [0.4, 0.5) is 0 Å². The molecular formula is C20H23NO8. The number of carboxylic acid groups (broad SMARTS) is 2. The maximum absolute atomic E-state index is 9.10. The maximum atomic E-state index is 9.10. The Balaban J connectivity index is 0.000000438. The fourth-order valence-electron chi connectivity index (χ4n) is 2.65. The lowest BCUT2D eigenvalue weighted by atomic mass is 10.1. The van der Waals surface area contributed by atoms with Gasteiger partial charge in [0.2, 0.25) is 6.79 Å². The number of aliphatic carboxylic acids is 2. The Morgan fingerprint density at radius 3 is 2.41 bits per heavy atom. The Morgan fingerprint density at radius 2 is 1.76 bits per heavy atom. The molecule has 1 aliphatic heterocycles. The molecule has 9 nitrogen and oxygen atoms in total. The molecule has 0 bridgehead atoms. The first kappa shape index (κ1) is 21.8. The van der Waals surface area contributed by atoms with Gasteiger partial charge < -0.3 is 34.5 Å². The number of fused-ring (bicyclic) bond motifs is 1. The molecule has 0 atom stereocenters. The largest absolute Gasteiger partial charge is 0.493 e. The molecule has 0 amide bonds. The van der Waals surface area contributed by atoms with E-state index in [0.717, 1.165) is 48.1 Å². The summed E-state index contributed by atoms with van der Waals surface area (Å²) in [6, 6.07) is 12.0. The average molecular weight is 405 g/mol. The topological polar surface area (TPSA) is 124 Å². The molecule has 1 heterocycles. The minimum atomic E-state index is -1.82. The van der Waals surface area contributed by atoms with E-state index in [1.54, 1.807) is 14.2 Å². The molecule has 0 saturated carbocycles. The number of hydrogen-bond acceptors (Lipinski definition) is 7. The van der Waals surface area contributed by atoms with Gasteiger partial charge in [-0.2, -0.15) is 0 Å². The van der Waals surface area contributed by atoms with Gasteiger partial charge in [-0.3, -0.25) is 0 Å². The van der Waals surface area contributed by atoms with Crippen LogP contribution in [-0.4, -0.2) is 49.7 Å². The lowest BCUT2D eigenvalue weighted by Crippen LogP contribution is -2.17. The fourth-order valence-corrected chi connectivity index (χ4v) is 2.65. The first-order valence-corrected chi connectivity index (χ1v) is 8.71. The van der Waals surface area contributed by atoms with Gasteiger partial charge in [-0.25, -0.2) is 9.59 Å². The molecule has 29 heavy (non-hydrogen) atoms. The van der Waals surface area contributed by atoms with E-state index in [0.29, 0.717) is 6.79 Å². The number of nitrogens with one attached hydrogen (secondary N) is 1. The first-order chi connectivity index (χ1) is 14.0. The van der Waals surface area contributed by atoms with Crippen molar-refractivity contribution >= 4 is 11.9 Å². The van der Waals surface area contributed by atoms with Gasteiger partial charge in [0, 0.05) is 12.1 Å². The molecule has 0 fully saturated rings. The van der Waals surface area contributed by atoms with Gasteiger partial charge in [0.25, 0.3) is 0 Å². The standard InChI is InChI=1S/C18H21NO4.C2H2O4/c1-20-16-5-3-4-14(18(16)21-2)11-19-9-8-13-6-7-15-17(10-13)23-12-22-15;3-1(4)2(5)6/h3-7,10,19H,8-9,11-12H2,1-2H3;(H,3,4)(H,5,6). The Hall–Kier alpha value is -3.46. The van der Waals surface area contributed by atoms with Crippen molar-refractivity contribution in [2.75, 3.05) is 27.6 Å². The lowest BCUT2D eigenvalue weighted by molar-refractivity contribution is -0.159. The van der Waals surface area contributed by atoms with Crippen LogP contribution in [0.2, 0.25) is 0 Å². The zero-order valence-electron chi connectivity index (χ0n) is 16.1. The van der Waals surface area contributed by atoms with Crippen LogP contribution in [0, 0.1) is 0 Å². The molecule has 0 aliphatic carbocycles. The summed E-state index contributed by atoms with van der Waals surface area (Å²) in [5, 5.41) is 18.2. The molecule has 156 valence electrons. The molecular weight excluding hydrogens is 382 g/mol. The van der Waals surface area contributed by atoms with Crippen LogP contribution < -0.4 is 24.3 Å². The van der Waals surface area contributed by atoms with Crippen LogP contribution in [0.3, 0.4) is 0 Å². The van der Waals surface area contributed by atoms with Crippen LogP contribution in [0.1, 0.15) is 11.1 Å². The van der Waals surface area contributed by atoms with Gasteiger partial charge in [0.05, 0.1) is 14.2 Å². The van der Waals surface area contributed by atoms with Crippen molar-refractivity contribution in [3.05, 3.63) is 47.5 Å². The minimum absolute atomic E-state index is 0.312.